The van der Waals surface area contributed by atoms with E-state index in [1.807, 2.05) is 0 Å². The number of carbonyl (C=O) groups is 8. The molecule has 26 nitrogen and oxygen atoms in total. The van der Waals surface area contributed by atoms with Crippen molar-refractivity contribution in [1.82, 2.24) is 0 Å². The highest BCUT2D eigenvalue weighted by molar-refractivity contribution is 7.17. The van der Waals surface area contributed by atoms with Crippen LogP contribution in [0.1, 0.15) is 141 Å². The fourth-order valence-corrected chi connectivity index (χ4v) is 17.1. The molecule has 6 aromatic carbocycles. The van der Waals surface area contributed by atoms with Crippen LogP contribution in [0, 0.1) is 0 Å². The maximum absolute atomic E-state index is 12.8. The molecule has 0 atom stereocenters. The Hall–Kier alpha value is -11.9. The molecule has 12 rings (SSSR count). The molecule has 0 unspecified atom stereocenters. The summed E-state index contributed by atoms with van der Waals surface area (Å²) in [5.74, 6) is -7.34. The third kappa shape index (κ3) is 23.9. The Labute approximate surface area is 740 Å². The number of aromatic hydroxyl groups is 4. The number of carboxylic acids is 4. The van der Waals surface area contributed by atoms with Crippen molar-refractivity contribution in [2.24, 2.45) is 20.0 Å². The number of benzene rings is 6. The molecule has 0 spiro atoms. The highest BCUT2D eigenvalue weighted by Crippen LogP contribution is 2.45. The molecule has 644 valence electrons. The van der Waals surface area contributed by atoms with E-state index in [1.165, 1.54) is 90.3 Å². The highest BCUT2D eigenvalue weighted by atomic mass is 35.5. The van der Waals surface area contributed by atoms with Gasteiger partial charge in [0.15, 0.2) is 34.5 Å². The van der Waals surface area contributed by atoms with Gasteiger partial charge in [0.25, 0.3) is 0 Å². The Morgan fingerprint density at radius 2 is 0.637 bits per heavy atom. The number of Topliss-reactive ketones (excluding diaryl/α,β-unsaturated/α-hetero) is 4. The van der Waals surface area contributed by atoms with Gasteiger partial charge in [0, 0.05) is 88.9 Å². The molecular weight excluding hydrogens is 1840 g/mol. The molecule has 0 radical (unpaired) electrons. The van der Waals surface area contributed by atoms with Gasteiger partial charge in [-0.1, -0.05) is 94.9 Å². The predicted octanol–water partition coefficient (Wildman–Crippen LogP) is 17.8. The van der Waals surface area contributed by atoms with Crippen molar-refractivity contribution in [2.75, 3.05) is 36.6 Å². The Bertz CT molecular complexity index is 6230. The van der Waals surface area contributed by atoms with Gasteiger partial charge in [0.2, 0.25) is 0 Å². The van der Waals surface area contributed by atoms with Crippen LogP contribution < -0.4 is 20.7 Å². The van der Waals surface area contributed by atoms with E-state index in [9.17, 15) is 106 Å². The third-order valence-electron chi connectivity index (χ3n) is 17.5. The van der Waals surface area contributed by atoms with Crippen LogP contribution in [0.4, 0.5) is 37.7 Å². The van der Waals surface area contributed by atoms with Gasteiger partial charge in [-0.15, -0.1) is 68.0 Å². The van der Waals surface area contributed by atoms with Crippen molar-refractivity contribution in [3.05, 3.63) is 262 Å². The van der Waals surface area contributed by atoms with E-state index in [-0.39, 0.29) is 103 Å². The van der Waals surface area contributed by atoms with E-state index in [0.717, 1.165) is 99.4 Å². The SMILES string of the molecule is CC(=NCC(=O)c1ccc(C(=O)O)s1)c1csc(-c2ccc(C(F)(F)F)cc2)c1O.CC(=NCC(=O)c1ccc(C(=O)O)s1)c1csc(-c2ccc(Cl)c(Cl)c2)c1O.CC(=NCC(=O)c1ccc(C(=O)[O-])c(N(O)[OH2+])c1)c1csc(-c2ccc(C(F)(F)F)cc2)c1O.CC(=NCC(=O)c1ccc(C(=O)[O-])c(N(O)[OH2+])c1)c1csc(-c2ccc(Cl)c(Cl)c2)c1O. The lowest BCUT2D eigenvalue weighted by Gasteiger charge is -2.12. The van der Waals surface area contributed by atoms with Crippen molar-refractivity contribution >= 4 is 196 Å². The number of aromatic carboxylic acids is 4. The first-order valence-corrected chi connectivity index (χ1v) is 41.5. The fourth-order valence-electron chi connectivity index (χ4n) is 10.9. The lowest BCUT2D eigenvalue weighted by Crippen LogP contribution is -2.26. The van der Waals surface area contributed by atoms with Crippen molar-refractivity contribution in [1.29, 1.82) is 0 Å². The van der Waals surface area contributed by atoms with Crippen molar-refractivity contribution < 1.29 is 126 Å². The number of rotatable bonds is 26. The number of carbonyl (C=O) groups excluding carboxylic acids is 6. The molecule has 12 aromatic rings. The summed E-state index contributed by atoms with van der Waals surface area (Å²) in [5, 5.41) is 123. The van der Waals surface area contributed by atoms with E-state index in [1.54, 1.807) is 78.7 Å². The second-order valence-corrected chi connectivity index (χ2v) is 32.9. The molecule has 12 N–H and O–H groups in total. The minimum absolute atomic E-state index is 0.00665. The van der Waals surface area contributed by atoms with Gasteiger partial charge in [-0.05, 0) is 157 Å². The fraction of sp³-hybridized carbons (Fsp3) is 0.122. The van der Waals surface area contributed by atoms with Gasteiger partial charge in [-0.2, -0.15) is 26.3 Å². The zero-order valence-electron chi connectivity index (χ0n) is 63.6. The zero-order chi connectivity index (χ0) is 91.3. The van der Waals surface area contributed by atoms with Crippen LogP contribution in [0.2, 0.25) is 20.1 Å². The maximum Gasteiger partial charge on any atom is 0.416 e. The largest absolute Gasteiger partial charge is 0.545 e. The number of aliphatic imine (C=N–C) groups is 4. The summed E-state index contributed by atoms with van der Waals surface area (Å²) >= 11 is 30.6. The number of thiophene rings is 6. The Kier molecular flexibility index (Phi) is 32.2. The number of hydrogen-bond acceptors (Lipinski definition) is 28. The molecule has 0 amide bonds. The summed E-state index contributed by atoms with van der Waals surface area (Å²) in [6, 6.07) is 31.1. The topological polar surface area (TPSA) is 446 Å². The molecule has 0 fully saturated rings. The summed E-state index contributed by atoms with van der Waals surface area (Å²) in [4.78, 5) is 113. The van der Waals surface area contributed by atoms with Crippen LogP contribution in [0.3, 0.4) is 0 Å². The smallest absolute Gasteiger partial charge is 0.416 e. The van der Waals surface area contributed by atoms with Crippen molar-refractivity contribution in [2.45, 2.75) is 40.0 Å². The number of alkyl halides is 6. The van der Waals surface area contributed by atoms with Gasteiger partial charge >= 0.3 is 24.3 Å². The molecule has 0 aliphatic rings. The minimum Gasteiger partial charge on any atom is -0.545 e. The Morgan fingerprint density at radius 3 is 0.887 bits per heavy atom. The van der Waals surface area contributed by atoms with Crippen LogP contribution in [0.25, 0.3) is 41.8 Å². The Balaban J connectivity index is 0.000000188. The number of anilines is 2. The van der Waals surface area contributed by atoms with Gasteiger partial charge < -0.3 is 50.4 Å². The average Bonchev–Trinajstić information content (AvgIpc) is 1.69. The molecule has 42 heteroatoms. The van der Waals surface area contributed by atoms with E-state index < -0.39 is 81.4 Å². The number of nitrogens with zero attached hydrogens (tertiary/aromatic N) is 6. The Morgan fingerprint density at radius 1 is 0.371 bits per heavy atom. The molecule has 124 heavy (non-hydrogen) atoms. The van der Waals surface area contributed by atoms with Crippen molar-refractivity contribution in [3.63, 3.8) is 0 Å². The van der Waals surface area contributed by atoms with Crippen LogP contribution in [-0.2, 0) is 12.4 Å². The van der Waals surface area contributed by atoms with Gasteiger partial charge in [-0.25, -0.2) is 20.0 Å². The molecule has 0 aliphatic carbocycles. The summed E-state index contributed by atoms with van der Waals surface area (Å²) in [6.45, 7) is 5.43. The van der Waals surface area contributed by atoms with E-state index in [4.69, 9.17) is 67.0 Å². The summed E-state index contributed by atoms with van der Waals surface area (Å²) in [6.07, 6.45) is -8.91. The van der Waals surface area contributed by atoms with Gasteiger partial charge in [0.1, 0.15) is 58.9 Å². The molecule has 6 heterocycles. The van der Waals surface area contributed by atoms with Crippen LogP contribution in [0.15, 0.2) is 187 Å². The normalized spacial score (nSPS) is 11.8. The first-order chi connectivity index (χ1) is 58.3. The van der Waals surface area contributed by atoms with Gasteiger partial charge in [-0.3, -0.25) is 49.6 Å². The summed E-state index contributed by atoms with van der Waals surface area (Å²) in [7, 11) is 0. The standard InChI is InChI=1S/C22H17F3N2O6S.C21H16Cl2N2O6S.C20H14F3NO4S2.C19H13Cl2NO4S2/c1-11(26-9-18(28)13-4-7-15(21(30)31)17(8-13)27(32)33)16-10-34-20(19(16)29)12-2-5-14(6-3-12)22(23,24)25;1-10(14-9-32-20(19(14)27)12-3-5-15(22)16(23)6-12)24-8-18(26)11-2-4-13(21(28)29)17(7-11)25(30)31;1-10(24-8-14(25)15-6-7-16(30-15)19(27)28)13-9-29-18(17(13)26)11-2-4-12(5-3-11)20(21,22)23;1-9(22-7-14(23)15-4-5-16(28-15)19(25)26)11-8-27-18(17(11)24)10-2-3-12(20)13(21)6-10/h2-8,10,29,32-33H,9H2,1H3,(H,30,31);2-7,9,27,30-31H,8H2,1H3,(H,28,29);2-7,9,26H,8H2,1H3,(H,27,28);2-6,8,24H,7H2,1H3,(H,25,26). The third-order valence-corrected chi connectivity index (χ3v) is 25.3. The first-order valence-electron chi connectivity index (χ1n) is 34.8. The highest BCUT2D eigenvalue weighted by Gasteiger charge is 2.32. The van der Waals surface area contributed by atoms with E-state index in [2.05, 4.69) is 20.0 Å². The lowest BCUT2D eigenvalue weighted by molar-refractivity contribution is -0.256. The van der Waals surface area contributed by atoms with Crippen LogP contribution in [-0.4, -0.2) is 148 Å². The number of carboxylic acid groups (broad SMARTS) is 4. The lowest BCUT2D eigenvalue weighted by atomic mass is 10.1. The first kappa shape index (κ1) is 96.0. The average molecular weight is 1900 g/mol. The zero-order valence-corrected chi connectivity index (χ0v) is 71.5. The number of hydrogen-bond donors (Lipinski definition) is 8. The van der Waals surface area contributed by atoms with E-state index >= 15 is 0 Å². The minimum atomic E-state index is -4.47. The summed E-state index contributed by atoms with van der Waals surface area (Å²) < 4.78 is 76.4. The predicted molar refractivity (Wildman–Crippen MR) is 461 cm³/mol. The number of ketones is 4. The van der Waals surface area contributed by atoms with Gasteiger partial charge in [0.05, 0.1) is 72.4 Å². The quantitative estimate of drug-likeness (QED) is 0.00820. The van der Waals surface area contributed by atoms with E-state index in [0.29, 0.717) is 101 Å². The second kappa shape index (κ2) is 41.5. The molecule has 0 saturated carbocycles. The second-order valence-electron chi connectivity index (χ2n) is 25.6. The molecule has 6 aromatic heterocycles. The van der Waals surface area contributed by atoms with Crippen LogP contribution >= 0.6 is 114 Å². The molecule has 0 aliphatic heterocycles. The summed E-state index contributed by atoms with van der Waals surface area (Å²) in [5.41, 5.74) is 2.14. The van der Waals surface area contributed by atoms with Crippen LogP contribution in [0.5, 0.6) is 23.0 Å². The number of halogens is 10. The molecular formula is C82H60Cl4F6N6O20S6. The maximum atomic E-state index is 12.8. The van der Waals surface area contributed by atoms with Crippen molar-refractivity contribution in [3.8, 4) is 64.8 Å². The monoisotopic (exact) mass is 1890 g/mol. The molecule has 0 bridgehead atoms. The molecule has 0 saturated heterocycles.